The van der Waals surface area contributed by atoms with Crippen LogP contribution in [0.2, 0.25) is 0 Å². The molecule has 46 valence electrons. The van der Waals surface area contributed by atoms with Crippen molar-refractivity contribution in [2.24, 2.45) is 4.99 Å². The second-order valence-corrected chi connectivity index (χ2v) is 1.49. The minimum atomic E-state index is 0.994. The summed E-state index contributed by atoms with van der Waals surface area (Å²) in [5.74, 6) is 0. The molecule has 0 aromatic heterocycles. The van der Waals surface area contributed by atoms with E-state index in [2.05, 4.69) is 11.6 Å². The zero-order chi connectivity index (χ0) is 7.11. The normalized spacial score (nSPS) is 11.3. The van der Waals surface area contributed by atoms with Gasteiger partial charge in [-0.1, -0.05) is 18.2 Å². The van der Waals surface area contributed by atoms with Crippen molar-refractivity contribution in [3.8, 4) is 6.19 Å². The average molecular weight is 120 g/mol. The molecule has 0 rings (SSSR count). The average Bonchev–Trinajstić information content (AvgIpc) is 1.89. The lowest BCUT2D eigenvalue weighted by atomic mass is 10.3. The van der Waals surface area contributed by atoms with E-state index in [1.54, 1.807) is 18.3 Å². The molecular formula is C7H8N2. The Morgan fingerprint density at radius 1 is 1.78 bits per heavy atom. The summed E-state index contributed by atoms with van der Waals surface area (Å²) in [7, 11) is 0. The lowest BCUT2D eigenvalue weighted by Crippen LogP contribution is -1.67. The van der Waals surface area contributed by atoms with Gasteiger partial charge in [0.15, 0.2) is 0 Å². The number of allylic oxidation sites excluding steroid dienone is 3. The third-order valence-corrected chi connectivity index (χ3v) is 0.792. The van der Waals surface area contributed by atoms with Crippen molar-refractivity contribution in [3.63, 3.8) is 0 Å². The highest BCUT2D eigenvalue weighted by Crippen LogP contribution is 1.88. The first-order valence-corrected chi connectivity index (χ1v) is 2.52. The Labute approximate surface area is 54.8 Å². The molecule has 0 aliphatic carbocycles. The monoisotopic (exact) mass is 120 g/mol. The number of nitrogens with zero attached hydrogens (tertiary/aromatic N) is 2. The Morgan fingerprint density at radius 2 is 2.44 bits per heavy atom. The summed E-state index contributed by atoms with van der Waals surface area (Å²) in [6.07, 6.45) is 6.50. The highest BCUT2D eigenvalue weighted by atomic mass is 14.7. The Balaban J connectivity index is 3.86. The lowest BCUT2D eigenvalue weighted by Gasteiger charge is -1.80. The minimum absolute atomic E-state index is 0.994. The maximum Gasteiger partial charge on any atom is 0.205 e. The molecule has 0 aliphatic heterocycles. The van der Waals surface area contributed by atoms with Crippen LogP contribution in [0.3, 0.4) is 0 Å². The molecule has 0 N–H and O–H groups in total. The van der Waals surface area contributed by atoms with Crippen LogP contribution in [-0.2, 0) is 0 Å². The molecule has 2 nitrogen and oxygen atoms in total. The van der Waals surface area contributed by atoms with E-state index < -0.39 is 0 Å². The van der Waals surface area contributed by atoms with Gasteiger partial charge in [0.1, 0.15) is 0 Å². The van der Waals surface area contributed by atoms with E-state index in [1.165, 1.54) is 6.21 Å². The molecule has 0 aromatic rings. The Kier molecular flexibility index (Phi) is 4.07. The van der Waals surface area contributed by atoms with Gasteiger partial charge in [-0.3, -0.25) is 0 Å². The first-order chi connectivity index (χ1) is 4.31. The molecule has 0 radical (unpaired) electrons. The zero-order valence-electron chi connectivity index (χ0n) is 5.33. The summed E-state index contributed by atoms with van der Waals surface area (Å²) in [4.78, 5) is 3.32. The first-order valence-electron chi connectivity index (χ1n) is 2.52. The quantitative estimate of drug-likeness (QED) is 0.310. The van der Waals surface area contributed by atoms with Crippen molar-refractivity contribution in [3.05, 3.63) is 24.3 Å². The van der Waals surface area contributed by atoms with Gasteiger partial charge >= 0.3 is 0 Å². The predicted molar refractivity (Wildman–Crippen MR) is 38.1 cm³/mol. The van der Waals surface area contributed by atoms with E-state index in [4.69, 9.17) is 5.26 Å². The molecule has 0 amide bonds. The zero-order valence-corrected chi connectivity index (χ0v) is 5.33. The topological polar surface area (TPSA) is 36.1 Å². The SMILES string of the molecule is C=C/C(C)=C\C=NC#N. The summed E-state index contributed by atoms with van der Waals surface area (Å²) in [6, 6.07) is 0. The predicted octanol–water partition coefficient (Wildman–Crippen LogP) is 1.67. The lowest BCUT2D eigenvalue weighted by molar-refractivity contribution is 1.45. The molecule has 0 saturated carbocycles. The van der Waals surface area contributed by atoms with E-state index in [0.29, 0.717) is 0 Å². The molecule has 2 heteroatoms. The third-order valence-electron chi connectivity index (χ3n) is 0.792. The van der Waals surface area contributed by atoms with Crippen molar-refractivity contribution in [2.45, 2.75) is 6.92 Å². The summed E-state index contributed by atoms with van der Waals surface area (Å²) >= 11 is 0. The number of rotatable bonds is 2. The largest absolute Gasteiger partial charge is 0.205 e. The Bertz CT molecular complexity index is 182. The Morgan fingerprint density at radius 3 is 2.89 bits per heavy atom. The van der Waals surface area contributed by atoms with Crippen LogP contribution in [0, 0.1) is 11.5 Å². The van der Waals surface area contributed by atoms with Gasteiger partial charge in [-0.2, -0.15) is 10.3 Å². The van der Waals surface area contributed by atoms with E-state index in [-0.39, 0.29) is 0 Å². The van der Waals surface area contributed by atoms with E-state index in [0.717, 1.165) is 5.57 Å². The molecule has 0 fully saturated rings. The smallest absolute Gasteiger partial charge is 0.182 e. The van der Waals surface area contributed by atoms with Crippen molar-refractivity contribution in [1.29, 1.82) is 5.26 Å². The van der Waals surface area contributed by atoms with Crippen LogP contribution in [-0.4, -0.2) is 6.21 Å². The highest BCUT2D eigenvalue weighted by molar-refractivity contribution is 5.73. The second kappa shape index (κ2) is 4.79. The van der Waals surface area contributed by atoms with Gasteiger partial charge in [0, 0.05) is 6.21 Å². The number of aliphatic imine (C=N–C) groups is 1. The number of nitriles is 1. The van der Waals surface area contributed by atoms with Gasteiger partial charge in [0.25, 0.3) is 0 Å². The molecular weight excluding hydrogens is 112 g/mol. The van der Waals surface area contributed by atoms with Crippen LogP contribution >= 0.6 is 0 Å². The fourth-order valence-corrected chi connectivity index (χ4v) is 0.256. The second-order valence-electron chi connectivity index (χ2n) is 1.49. The van der Waals surface area contributed by atoms with Gasteiger partial charge in [-0.05, 0) is 13.0 Å². The number of hydrogen-bond donors (Lipinski definition) is 0. The van der Waals surface area contributed by atoms with Crippen molar-refractivity contribution >= 4 is 6.21 Å². The van der Waals surface area contributed by atoms with Gasteiger partial charge in [-0.25, -0.2) is 0 Å². The van der Waals surface area contributed by atoms with Gasteiger partial charge in [0.2, 0.25) is 6.19 Å². The molecule has 0 saturated heterocycles. The first kappa shape index (κ1) is 7.64. The highest BCUT2D eigenvalue weighted by Gasteiger charge is 1.72. The van der Waals surface area contributed by atoms with Crippen LogP contribution in [0.25, 0.3) is 0 Å². The maximum atomic E-state index is 7.95. The third kappa shape index (κ3) is 4.49. The van der Waals surface area contributed by atoms with Gasteiger partial charge in [0.05, 0.1) is 0 Å². The van der Waals surface area contributed by atoms with E-state index in [1.807, 2.05) is 6.92 Å². The van der Waals surface area contributed by atoms with Crippen molar-refractivity contribution in [1.82, 2.24) is 0 Å². The van der Waals surface area contributed by atoms with Gasteiger partial charge < -0.3 is 0 Å². The van der Waals surface area contributed by atoms with E-state index in [9.17, 15) is 0 Å². The molecule has 0 aromatic carbocycles. The minimum Gasteiger partial charge on any atom is -0.182 e. The molecule has 0 spiro atoms. The van der Waals surface area contributed by atoms with Crippen LogP contribution in [0.15, 0.2) is 29.3 Å². The molecule has 0 heterocycles. The summed E-state index contributed by atoms with van der Waals surface area (Å²) in [6.45, 7) is 5.41. The van der Waals surface area contributed by atoms with E-state index >= 15 is 0 Å². The van der Waals surface area contributed by atoms with Crippen molar-refractivity contribution in [2.75, 3.05) is 0 Å². The van der Waals surface area contributed by atoms with Crippen LogP contribution in [0.4, 0.5) is 0 Å². The molecule has 0 atom stereocenters. The molecule has 0 aliphatic rings. The van der Waals surface area contributed by atoms with Gasteiger partial charge in [-0.15, -0.1) is 0 Å². The maximum absolute atomic E-state index is 7.95. The summed E-state index contributed by atoms with van der Waals surface area (Å²) in [5.41, 5.74) is 0.994. The molecule has 0 bridgehead atoms. The molecule has 0 unspecified atom stereocenters. The summed E-state index contributed by atoms with van der Waals surface area (Å²) in [5, 5.41) is 7.95. The van der Waals surface area contributed by atoms with Crippen LogP contribution in [0.5, 0.6) is 0 Å². The molecule has 9 heavy (non-hydrogen) atoms. The fourth-order valence-electron chi connectivity index (χ4n) is 0.256. The fraction of sp³-hybridized carbons (Fsp3) is 0.143. The van der Waals surface area contributed by atoms with Crippen LogP contribution < -0.4 is 0 Å². The standard InChI is InChI=1S/C7H8N2/c1-3-7(2)4-5-9-6-8/h3-5H,1H2,2H3/b7-4-,9-5?. The number of hydrogen-bond acceptors (Lipinski definition) is 2. The Hall–Kier alpha value is -1.36. The van der Waals surface area contributed by atoms with Crippen molar-refractivity contribution < 1.29 is 0 Å². The summed E-state index contributed by atoms with van der Waals surface area (Å²) < 4.78 is 0. The van der Waals surface area contributed by atoms with Crippen LogP contribution in [0.1, 0.15) is 6.92 Å².